The summed E-state index contributed by atoms with van der Waals surface area (Å²) >= 11 is 0. The van der Waals surface area contributed by atoms with Crippen LogP contribution in [-0.4, -0.2) is 55.9 Å². The number of hydrogen-bond acceptors (Lipinski definition) is 2. The molecule has 0 bridgehead atoms. The van der Waals surface area contributed by atoms with E-state index in [9.17, 15) is 9.18 Å². The Bertz CT molecular complexity index is 505. The fraction of sp³-hybridized carbons (Fsp3) is 0.500. The van der Waals surface area contributed by atoms with Crippen molar-refractivity contribution >= 4 is 35.8 Å². The van der Waals surface area contributed by atoms with Gasteiger partial charge in [0.2, 0.25) is 5.91 Å². The fourth-order valence-electron chi connectivity index (χ4n) is 1.77. The summed E-state index contributed by atoms with van der Waals surface area (Å²) in [6, 6.07) is 6.37. The predicted molar refractivity (Wildman–Crippen MR) is 103 cm³/mol. The summed E-state index contributed by atoms with van der Waals surface area (Å²) in [7, 11) is 5.31. The molecule has 0 radical (unpaired) electrons. The van der Waals surface area contributed by atoms with Crippen molar-refractivity contribution in [2.45, 2.75) is 19.9 Å². The Balaban J connectivity index is 0.00000484. The van der Waals surface area contributed by atoms with Crippen LogP contribution in [0.15, 0.2) is 29.3 Å². The van der Waals surface area contributed by atoms with Crippen molar-refractivity contribution < 1.29 is 9.18 Å². The zero-order chi connectivity index (χ0) is 16.5. The Kier molecular flexibility index (Phi) is 10.5. The molecule has 1 aromatic rings. The van der Waals surface area contributed by atoms with Gasteiger partial charge in [0.1, 0.15) is 12.4 Å². The lowest BCUT2D eigenvalue weighted by atomic mass is 10.2. The van der Waals surface area contributed by atoms with Gasteiger partial charge < -0.3 is 15.1 Å². The molecule has 0 heterocycles. The van der Waals surface area contributed by atoms with Gasteiger partial charge >= 0.3 is 0 Å². The molecule has 0 aromatic heterocycles. The highest BCUT2D eigenvalue weighted by Crippen LogP contribution is 2.05. The second kappa shape index (κ2) is 11.2. The van der Waals surface area contributed by atoms with Crippen molar-refractivity contribution in [1.82, 2.24) is 15.1 Å². The van der Waals surface area contributed by atoms with Crippen molar-refractivity contribution in [3.8, 4) is 0 Å². The zero-order valence-electron chi connectivity index (χ0n) is 14.2. The van der Waals surface area contributed by atoms with Gasteiger partial charge in [0, 0.05) is 34.2 Å². The van der Waals surface area contributed by atoms with Crippen molar-refractivity contribution in [1.29, 1.82) is 0 Å². The third-order valence-electron chi connectivity index (χ3n) is 3.09. The number of likely N-dealkylation sites (N-methyl/N-ethyl adjacent to an activating group) is 1. The normalized spacial score (nSPS) is 10.7. The molecule has 0 unspecified atom stereocenters. The number of hydrogen-bond donors (Lipinski definition) is 1. The molecule has 0 saturated heterocycles. The van der Waals surface area contributed by atoms with Gasteiger partial charge in [-0.15, -0.1) is 24.0 Å². The molecule has 0 aliphatic rings. The first-order chi connectivity index (χ1) is 10.4. The minimum absolute atomic E-state index is 0. The highest BCUT2D eigenvalue weighted by atomic mass is 127. The largest absolute Gasteiger partial charge is 0.356 e. The molecular weight excluding hydrogens is 410 g/mol. The van der Waals surface area contributed by atoms with Crippen LogP contribution in [0, 0.1) is 5.82 Å². The van der Waals surface area contributed by atoms with Crippen LogP contribution in [0.3, 0.4) is 0 Å². The molecule has 1 amide bonds. The lowest BCUT2D eigenvalue weighted by molar-refractivity contribution is -0.127. The van der Waals surface area contributed by atoms with Gasteiger partial charge in [0.25, 0.3) is 0 Å². The zero-order valence-corrected chi connectivity index (χ0v) is 16.5. The SMILES string of the molecule is CCCNC(=NCC(=O)N(C)C)N(C)Cc1ccc(F)cc1.I. The summed E-state index contributed by atoms with van der Waals surface area (Å²) in [5, 5.41) is 3.23. The van der Waals surface area contributed by atoms with E-state index < -0.39 is 0 Å². The average molecular weight is 436 g/mol. The number of guanidine groups is 1. The Labute approximate surface area is 155 Å². The van der Waals surface area contributed by atoms with E-state index >= 15 is 0 Å². The number of carbonyl (C=O) groups excluding carboxylic acids is 1. The lowest BCUT2D eigenvalue weighted by Crippen LogP contribution is -2.39. The van der Waals surface area contributed by atoms with E-state index in [1.165, 1.54) is 17.0 Å². The van der Waals surface area contributed by atoms with E-state index in [2.05, 4.69) is 17.2 Å². The number of rotatable bonds is 6. The maximum absolute atomic E-state index is 12.9. The van der Waals surface area contributed by atoms with E-state index in [0.717, 1.165) is 18.5 Å². The Hall–Kier alpha value is -1.38. The van der Waals surface area contributed by atoms with Crippen LogP contribution in [0.25, 0.3) is 0 Å². The Morgan fingerprint density at radius 1 is 1.22 bits per heavy atom. The maximum Gasteiger partial charge on any atom is 0.243 e. The molecule has 23 heavy (non-hydrogen) atoms. The number of aliphatic imine (C=N–C) groups is 1. The number of carbonyl (C=O) groups is 1. The second-order valence-corrected chi connectivity index (χ2v) is 5.34. The first-order valence-corrected chi connectivity index (χ1v) is 7.38. The maximum atomic E-state index is 12.9. The van der Waals surface area contributed by atoms with Gasteiger partial charge in [-0.05, 0) is 24.1 Å². The predicted octanol–water partition coefficient (Wildman–Crippen LogP) is 2.32. The quantitative estimate of drug-likeness (QED) is 0.423. The van der Waals surface area contributed by atoms with E-state index in [0.29, 0.717) is 12.5 Å². The number of nitrogens with zero attached hydrogens (tertiary/aromatic N) is 3. The van der Waals surface area contributed by atoms with Crippen LogP contribution in [-0.2, 0) is 11.3 Å². The van der Waals surface area contributed by atoms with Gasteiger partial charge in [-0.3, -0.25) is 4.79 Å². The molecule has 7 heteroatoms. The van der Waals surface area contributed by atoms with Gasteiger partial charge in [-0.25, -0.2) is 9.38 Å². The Morgan fingerprint density at radius 3 is 2.35 bits per heavy atom. The number of benzene rings is 1. The van der Waals surface area contributed by atoms with E-state index in [-0.39, 0.29) is 42.2 Å². The van der Waals surface area contributed by atoms with Crippen molar-refractivity contribution in [2.24, 2.45) is 4.99 Å². The fourth-order valence-corrected chi connectivity index (χ4v) is 1.77. The topological polar surface area (TPSA) is 47.9 Å². The van der Waals surface area contributed by atoms with Gasteiger partial charge in [-0.2, -0.15) is 0 Å². The molecule has 0 aliphatic carbocycles. The molecule has 0 saturated carbocycles. The Morgan fingerprint density at radius 2 is 1.83 bits per heavy atom. The van der Waals surface area contributed by atoms with Crippen LogP contribution >= 0.6 is 24.0 Å². The first kappa shape index (κ1) is 21.6. The summed E-state index contributed by atoms with van der Waals surface area (Å²) in [5.74, 6) is 0.369. The monoisotopic (exact) mass is 436 g/mol. The average Bonchev–Trinajstić information content (AvgIpc) is 2.49. The van der Waals surface area contributed by atoms with Crippen molar-refractivity contribution in [3.05, 3.63) is 35.6 Å². The summed E-state index contributed by atoms with van der Waals surface area (Å²) < 4.78 is 12.9. The number of halogens is 2. The molecule has 130 valence electrons. The van der Waals surface area contributed by atoms with Crippen molar-refractivity contribution in [2.75, 3.05) is 34.2 Å². The van der Waals surface area contributed by atoms with E-state index in [4.69, 9.17) is 0 Å². The molecule has 0 spiro atoms. The summed E-state index contributed by atoms with van der Waals surface area (Å²) in [6.07, 6.45) is 0.963. The van der Waals surface area contributed by atoms with Crippen LogP contribution in [0.4, 0.5) is 4.39 Å². The standard InChI is InChI=1S/C16H25FN4O.HI/c1-5-10-18-16(19-11-15(22)20(2)3)21(4)12-13-6-8-14(17)9-7-13;/h6-9H,5,10-12H2,1-4H3,(H,18,19);1H. The third kappa shape index (κ3) is 8.15. The molecule has 1 aromatic carbocycles. The van der Waals surface area contributed by atoms with Crippen LogP contribution in [0.1, 0.15) is 18.9 Å². The summed E-state index contributed by atoms with van der Waals surface area (Å²) in [6.45, 7) is 3.54. The number of amides is 1. The van der Waals surface area contributed by atoms with Gasteiger partial charge in [0.05, 0.1) is 0 Å². The van der Waals surface area contributed by atoms with E-state index in [1.807, 2.05) is 11.9 Å². The first-order valence-electron chi connectivity index (χ1n) is 7.38. The molecule has 5 nitrogen and oxygen atoms in total. The van der Waals surface area contributed by atoms with Gasteiger partial charge in [-0.1, -0.05) is 19.1 Å². The minimum Gasteiger partial charge on any atom is -0.356 e. The van der Waals surface area contributed by atoms with Crippen molar-refractivity contribution in [3.63, 3.8) is 0 Å². The second-order valence-electron chi connectivity index (χ2n) is 5.34. The highest BCUT2D eigenvalue weighted by molar-refractivity contribution is 14.0. The molecule has 1 N–H and O–H groups in total. The molecule has 1 rings (SSSR count). The summed E-state index contributed by atoms with van der Waals surface area (Å²) in [5.41, 5.74) is 0.980. The molecular formula is C16H26FIN4O. The third-order valence-corrected chi connectivity index (χ3v) is 3.09. The molecule has 0 atom stereocenters. The molecule has 0 fully saturated rings. The highest BCUT2D eigenvalue weighted by Gasteiger charge is 2.09. The van der Waals surface area contributed by atoms with Crippen LogP contribution in [0.2, 0.25) is 0 Å². The van der Waals surface area contributed by atoms with Crippen LogP contribution < -0.4 is 5.32 Å². The number of nitrogens with one attached hydrogen (secondary N) is 1. The van der Waals surface area contributed by atoms with Gasteiger partial charge in [0.15, 0.2) is 5.96 Å². The molecule has 0 aliphatic heterocycles. The smallest absolute Gasteiger partial charge is 0.243 e. The van der Waals surface area contributed by atoms with E-state index in [1.54, 1.807) is 26.2 Å². The minimum atomic E-state index is -0.249. The van der Waals surface area contributed by atoms with Crippen LogP contribution in [0.5, 0.6) is 0 Å². The lowest BCUT2D eigenvalue weighted by Gasteiger charge is -2.22. The summed E-state index contributed by atoms with van der Waals surface area (Å²) in [4.78, 5) is 19.5.